The Kier molecular flexibility index (Phi) is 2.25. The first-order chi connectivity index (χ1) is 8.24. The summed E-state index contributed by atoms with van der Waals surface area (Å²) in [4.78, 5) is 16.4. The maximum atomic E-state index is 5.73. The third-order valence-corrected chi connectivity index (χ3v) is 2.55. The number of pyridine rings is 1. The van der Waals surface area contributed by atoms with Crippen LogP contribution in [0.1, 0.15) is 0 Å². The van der Waals surface area contributed by atoms with Gasteiger partial charge in [0.2, 0.25) is 5.89 Å². The van der Waals surface area contributed by atoms with E-state index in [0.717, 1.165) is 0 Å². The summed E-state index contributed by atoms with van der Waals surface area (Å²) < 4.78 is 6.11. The lowest BCUT2D eigenvalue weighted by Gasteiger charge is -1.98. The molecular formula is C10H6BrN5O. The monoisotopic (exact) mass is 293 g/mol. The predicted octanol–water partition coefficient (Wildman–Crippen LogP) is 2.02. The van der Waals surface area contributed by atoms with Crippen LogP contribution < -0.4 is 5.73 Å². The second-order valence-electron chi connectivity index (χ2n) is 3.29. The Morgan fingerprint density at radius 2 is 2.18 bits per heavy atom. The molecule has 0 saturated carbocycles. The number of halogens is 1. The van der Waals surface area contributed by atoms with Gasteiger partial charge in [-0.25, -0.2) is 15.0 Å². The Labute approximate surface area is 104 Å². The summed E-state index contributed by atoms with van der Waals surface area (Å²) in [6, 6.07) is 1.73. The van der Waals surface area contributed by atoms with Gasteiger partial charge in [0.25, 0.3) is 0 Å². The molecule has 3 rings (SSSR count). The lowest BCUT2D eigenvalue weighted by Crippen LogP contribution is -1.97. The zero-order valence-electron chi connectivity index (χ0n) is 8.46. The van der Waals surface area contributed by atoms with Crippen molar-refractivity contribution in [2.45, 2.75) is 0 Å². The van der Waals surface area contributed by atoms with Crippen LogP contribution >= 0.6 is 15.9 Å². The quantitative estimate of drug-likeness (QED) is 0.738. The highest BCUT2D eigenvalue weighted by Crippen LogP contribution is 2.26. The topological polar surface area (TPSA) is 90.7 Å². The SMILES string of the molecule is N[14c]1ncc(Br)nc1-c1nc2cnccc2o1. The Hall–Kier alpha value is -2.02. The number of anilines is 1. The molecule has 0 atom stereocenters. The fourth-order valence-electron chi connectivity index (χ4n) is 1.42. The molecule has 6 nitrogen and oxygen atoms in total. The second-order valence-corrected chi connectivity index (χ2v) is 4.10. The van der Waals surface area contributed by atoms with Crippen LogP contribution in [0.2, 0.25) is 0 Å². The molecule has 0 unspecified atom stereocenters. The maximum Gasteiger partial charge on any atom is 0.250 e. The van der Waals surface area contributed by atoms with E-state index in [1.54, 1.807) is 18.5 Å². The van der Waals surface area contributed by atoms with E-state index in [2.05, 4.69) is 35.9 Å². The third kappa shape index (κ3) is 1.74. The molecule has 3 aromatic rings. The number of nitrogen functional groups attached to an aromatic ring is 1. The van der Waals surface area contributed by atoms with Crippen LogP contribution in [0.5, 0.6) is 0 Å². The molecule has 0 spiro atoms. The molecule has 17 heavy (non-hydrogen) atoms. The summed E-state index contributed by atoms with van der Waals surface area (Å²) in [6.07, 6.45) is 4.76. The largest absolute Gasteiger partial charge is 0.434 e. The smallest absolute Gasteiger partial charge is 0.250 e. The molecule has 0 amide bonds. The van der Waals surface area contributed by atoms with Gasteiger partial charge in [-0.1, -0.05) is 0 Å². The molecule has 2 N–H and O–H groups in total. The van der Waals surface area contributed by atoms with Crippen molar-refractivity contribution >= 4 is 32.8 Å². The summed E-state index contributed by atoms with van der Waals surface area (Å²) in [6.45, 7) is 0. The zero-order chi connectivity index (χ0) is 11.8. The molecule has 0 saturated heterocycles. The second kappa shape index (κ2) is 3.77. The van der Waals surface area contributed by atoms with Crippen molar-refractivity contribution in [1.82, 2.24) is 19.9 Å². The van der Waals surface area contributed by atoms with Crippen LogP contribution in [-0.2, 0) is 0 Å². The van der Waals surface area contributed by atoms with E-state index in [1.807, 2.05) is 0 Å². The number of nitrogens with two attached hydrogens (primary N) is 1. The average Bonchev–Trinajstić information content (AvgIpc) is 2.75. The van der Waals surface area contributed by atoms with Gasteiger partial charge in [0.1, 0.15) is 10.1 Å². The van der Waals surface area contributed by atoms with Gasteiger partial charge in [-0.05, 0) is 15.9 Å². The van der Waals surface area contributed by atoms with Crippen LogP contribution in [0.4, 0.5) is 5.82 Å². The normalized spacial score (nSPS) is 10.9. The Morgan fingerprint density at radius 3 is 3.00 bits per heavy atom. The van der Waals surface area contributed by atoms with Gasteiger partial charge < -0.3 is 10.2 Å². The van der Waals surface area contributed by atoms with E-state index in [1.165, 1.54) is 6.20 Å². The number of hydrogen-bond donors (Lipinski definition) is 1. The van der Waals surface area contributed by atoms with Crippen LogP contribution in [0, 0.1) is 0 Å². The van der Waals surface area contributed by atoms with Gasteiger partial charge in [0.05, 0.1) is 12.4 Å². The van der Waals surface area contributed by atoms with Crippen LogP contribution in [0.3, 0.4) is 0 Å². The standard InChI is InChI=1S/C10H6BrN5O/c11-7-4-14-9(12)8(16-7)10-15-5-3-13-2-1-6(5)17-10/h1-4H,(H2,12,14)/i9+2. The molecule has 0 fully saturated rings. The third-order valence-electron chi connectivity index (χ3n) is 2.16. The number of rotatable bonds is 1. The van der Waals surface area contributed by atoms with Crippen molar-refractivity contribution in [3.8, 4) is 11.6 Å². The number of oxazole rings is 1. The first-order valence-corrected chi connectivity index (χ1v) is 5.52. The van der Waals surface area contributed by atoms with Crippen molar-refractivity contribution in [1.29, 1.82) is 0 Å². The van der Waals surface area contributed by atoms with Gasteiger partial charge in [0.15, 0.2) is 17.1 Å². The highest BCUT2D eigenvalue weighted by molar-refractivity contribution is 9.10. The molecule has 3 heterocycles. The highest BCUT2D eigenvalue weighted by atomic mass is 79.9. The zero-order valence-corrected chi connectivity index (χ0v) is 10.0. The molecule has 0 aliphatic heterocycles. The molecule has 0 aliphatic carbocycles. The molecule has 0 radical (unpaired) electrons. The van der Waals surface area contributed by atoms with Crippen molar-refractivity contribution < 1.29 is 4.42 Å². The summed E-state index contributed by atoms with van der Waals surface area (Å²) in [5.74, 6) is 0.604. The highest BCUT2D eigenvalue weighted by Gasteiger charge is 2.14. The number of aromatic nitrogens is 4. The first-order valence-electron chi connectivity index (χ1n) is 4.73. The van der Waals surface area contributed by atoms with E-state index in [4.69, 9.17) is 10.2 Å². The molecule has 3 aromatic heterocycles. The van der Waals surface area contributed by atoms with E-state index < -0.39 is 0 Å². The van der Waals surface area contributed by atoms with Gasteiger partial charge in [-0.3, -0.25) is 4.98 Å². The number of hydrogen-bond acceptors (Lipinski definition) is 6. The maximum absolute atomic E-state index is 5.73. The van der Waals surface area contributed by atoms with Gasteiger partial charge in [0, 0.05) is 12.3 Å². The van der Waals surface area contributed by atoms with Crippen molar-refractivity contribution in [2.24, 2.45) is 0 Å². The summed E-state index contributed by atoms with van der Waals surface area (Å²) in [5, 5.41) is 0. The molecule has 7 heteroatoms. The lowest BCUT2D eigenvalue weighted by atomic mass is 10.4. The van der Waals surface area contributed by atoms with Gasteiger partial charge in [-0.15, -0.1) is 0 Å². The Balaban J connectivity index is 2.23. The molecule has 0 aliphatic rings. The fourth-order valence-corrected chi connectivity index (χ4v) is 1.70. The van der Waals surface area contributed by atoms with Crippen molar-refractivity contribution in [2.75, 3.05) is 5.73 Å². The Bertz CT molecular complexity index is 663. The summed E-state index contributed by atoms with van der Waals surface area (Å²) in [5.41, 5.74) is 7.44. The molecule has 84 valence electrons. The minimum atomic E-state index is 0.271. The lowest BCUT2D eigenvalue weighted by molar-refractivity contribution is 0.616. The van der Waals surface area contributed by atoms with Crippen LogP contribution in [0.25, 0.3) is 22.7 Å². The Morgan fingerprint density at radius 1 is 1.29 bits per heavy atom. The minimum absolute atomic E-state index is 0.271. The number of fused-ring (bicyclic) bond motifs is 1. The molecular weight excluding hydrogens is 288 g/mol. The van der Waals surface area contributed by atoms with E-state index in [9.17, 15) is 0 Å². The summed E-state index contributed by atoms with van der Waals surface area (Å²) in [7, 11) is 0. The van der Waals surface area contributed by atoms with Gasteiger partial charge in [-0.2, -0.15) is 0 Å². The van der Waals surface area contributed by atoms with E-state index in [0.29, 0.717) is 27.3 Å². The molecule has 0 aromatic carbocycles. The summed E-state index contributed by atoms with van der Waals surface area (Å²) >= 11 is 3.23. The number of nitrogens with zero attached hydrogens (tertiary/aromatic N) is 4. The van der Waals surface area contributed by atoms with E-state index >= 15 is 0 Å². The average molecular weight is 294 g/mol. The first kappa shape index (κ1) is 10.2. The minimum Gasteiger partial charge on any atom is -0.434 e. The van der Waals surface area contributed by atoms with Gasteiger partial charge >= 0.3 is 0 Å². The van der Waals surface area contributed by atoms with Crippen LogP contribution in [-0.4, -0.2) is 19.9 Å². The molecule has 0 bridgehead atoms. The van der Waals surface area contributed by atoms with Crippen molar-refractivity contribution in [3.05, 3.63) is 29.3 Å². The van der Waals surface area contributed by atoms with E-state index in [-0.39, 0.29) is 5.82 Å². The van der Waals surface area contributed by atoms with Crippen molar-refractivity contribution in [3.63, 3.8) is 0 Å². The fraction of sp³-hybridized carbons (Fsp3) is 0. The predicted molar refractivity (Wildman–Crippen MR) is 64.9 cm³/mol. The van der Waals surface area contributed by atoms with Crippen LogP contribution in [0.15, 0.2) is 33.7 Å².